The van der Waals surface area contributed by atoms with Gasteiger partial charge in [-0.25, -0.2) is 9.78 Å². The van der Waals surface area contributed by atoms with Crippen molar-refractivity contribution < 1.29 is 14.6 Å². The third-order valence-electron chi connectivity index (χ3n) is 3.41. The zero-order valence-corrected chi connectivity index (χ0v) is 13.4. The number of aliphatic carboxylic acids is 1. The van der Waals surface area contributed by atoms with E-state index in [1.165, 1.54) is 0 Å². The quantitative estimate of drug-likeness (QED) is 0.690. The molecule has 126 valence electrons. The summed E-state index contributed by atoms with van der Waals surface area (Å²) in [6.07, 6.45) is 0. The molecule has 0 aliphatic heterocycles. The average molecular weight is 335 g/mol. The van der Waals surface area contributed by atoms with Gasteiger partial charge < -0.3 is 15.2 Å². The monoisotopic (exact) mass is 335 g/mol. The predicted molar refractivity (Wildman–Crippen MR) is 94.4 cm³/mol. The van der Waals surface area contributed by atoms with Crippen LogP contribution >= 0.6 is 0 Å². The largest absolute Gasteiger partial charge is 0.479 e. The maximum atomic E-state index is 10.7. The molecule has 25 heavy (non-hydrogen) atoms. The molecule has 6 heteroatoms. The highest BCUT2D eigenvalue weighted by atomic mass is 16.5. The minimum Gasteiger partial charge on any atom is -0.479 e. The van der Waals surface area contributed by atoms with E-state index in [2.05, 4.69) is 15.3 Å². The van der Waals surface area contributed by atoms with Crippen molar-refractivity contribution >= 4 is 11.9 Å². The number of nitrogens with one attached hydrogen (secondary N) is 1. The van der Waals surface area contributed by atoms with E-state index in [9.17, 15) is 4.79 Å². The summed E-state index contributed by atoms with van der Waals surface area (Å²) in [6.45, 7) is 0.0980. The Labute approximate surface area is 145 Å². The lowest BCUT2D eigenvalue weighted by molar-refractivity contribution is -0.139. The summed E-state index contributed by atoms with van der Waals surface area (Å²) >= 11 is 0. The highest BCUT2D eigenvalue weighted by molar-refractivity contribution is 5.68. The van der Waals surface area contributed by atoms with Gasteiger partial charge in [-0.2, -0.15) is 4.98 Å². The van der Waals surface area contributed by atoms with Gasteiger partial charge in [-0.3, -0.25) is 0 Å². The highest BCUT2D eigenvalue weighted by Crippen LogP contribution is 2.22. The number of ether oxygens (including phenoxy) is 1. The molecule has 0 amide bonds. The van der Waals surface area contributed by atoms with Crippen LogP contribution in [0.2, 0.25) is 0 Å². The molecule has 3 rings (SSSR count). The molecule has 0 fully saturated rings. The van der Waals surface area contributed by atoms with Crippen molar-refractivity contribution in [3.8, 4) is 17.1 Å². The van der Waals surface area contributed by atoms with E-state index in [0.29, 0.717) is 18.2 Å². The molecule has 0 aliphatic carbocycles. The average Bonchev–Trinajstić information content (AvgIpc) is 2.66. The van der Waals surface area contributed by atoms with E-state index < -0.39 is 12.6 Å². The molecule has 6 nitrogen and oxygen atoms in total. The van der Waals surface area contributed by atoms with Gasteiger partial charge in [-0.1, -0.05) is 60.7 Å². The lowest BCUT2D eigenvalue weighted by Gasteiger charge is -2.10. The second-order valence-corrected chi connectivity index (χ2v) is 5.30. The van der Waals surface area contributed by atoms with E-state index >= 15 is 0 Å². The zero-order valence-electron chi connectivity index (χ0n) is 13.4. The van der Waals surface area contributed by atoms with Gasteiger partial charge in [0.2, 0.25) is 11.8 Å². The summed E-state index contributed by atoms with van der Waals surface area (Å²) in [4.78, 5) is 19.5. The van der Waals surface area contributed by atoms with Gasteiger partial charge in [0.15, 0.2) is 6.61 Å². The lowest BCUT2D eigenvalue weighted by atomic mass is 10.1. The van der Waals surface area contributed by atoms with Crippen LogP contribution in [0.1, 0.15) is 5.56 Å². The fourth-order valence-corrected chi connectivity index (χ4v) is 2.25. The van der Waals surface area contributed by atoms with Crippen LogP contribution in [0, 0.1) is 0 Å². The Bertz CT molecular complexity index is 839. The Hall–Kier alpha value is -3.41. The minimum atomic E-state index is -1.06. The van der Waals surface area contributed by atoms with Crippen molar-refractivity contribution in [2.45, 2.75) is 6.54 Å². The van der Waals surface area contributed by atoms with Crippen LogP contribution in [-0.2, 0) is 11.3 Å². The molecule has 2 aromatic carbocycles. The standard InChI is InChI=1S/C19H17N3O3/c23-18(24)13-25-17-11-16(15-9-5-2-6-10-15)21-19(22-17)20-12-14-7-3-1-4-8-14/h1-11H,12-13H2,(H,23,24)(H,20,21,22). The number of nitrogens with zero attached hydrogens (tertiary/aromatic N) is 2. The minimum absolute atomic E-state index is 0.215. The first-order valence-electron chi connectivity index (χ1n) is 7.77. The summed E-state index contributed by atoms with van der Waals surface area (Å²) in [6, 6.07) is 21.1. The third kappa shape index (κ3) is 4.78. The Morgan fingerprint density at radius 3 is 2.36 bits per heavy atom. The number of rotatable bonds is 7. The van der Waals surface area contributed by atoms with Gasteiger partial charge >= 0.3 is 5.97 Å². The summed E-state index contributed by atoms with van der Waals surface area (Å²) in [5.74, 6) is -0.462. The number of carboxylic acid groups (broad SMARTS) is 1. The molecule has 0 bridgehead atoms. The molecule has 3 aromatic rings. The lowest BCUT2D eigenvalue weighted by Crippen LogP contribution is -2.12. The number of hydrogen-bond acceptors (Lipinski definition) is 5. The van der Waals surface area contributed by atoms with E-state index in [4.69, 9.17) is 9.84 Å². The molecule has 0 aliphatic rings. The Morgan fingerprint density at radius 2 is 1.68 bits per heavy atom. The van der Waals surface area contributed by atoms with E-state index in [1.54, 1.807) is 6.07 Å². The van der Waals surface area contributed by atoms with Crippen molar-refractivity contribution in [1.29, 1.82) is 0 Å². The molecule has 0 saturated heterocycles. The van der Waals surface area contributed by atoms with Gasteiger partial charge in [0, 0.05) is 18.2 Å². The number of benzene rings is 2. The molecule has 0 atom stereocenters. The van der Waals surface area contributed by atoms with Crippen LogP contribution < -0.4 is 10.1 Å². The number of carboxylic acids is 1. The second kappa shape index (κ2) is 7.92. The second-order valence-electron chi connectivity index (χ2n) is 5.30. The maximum Gasteiger partial charge on any atom is 0.341 e. The number of carbonyl (C=O) groups is 1. The Morgan fingerprint density at radius 1 is 1.00 bits per heavy atom. The molecular weight excluding hydrogens is 318 g/mol. The number of hydrogen-bond donors (Lipinski definition) is 2. The van der Waals surface area contributed by atoms with Gasteiger partial charge in [0.25, 0.3) is 0 Å². The van der Waals surface area contributed by atoms with Crippen molar-refractivity contribution in [2.24, 2.45) is 0 Å². The van der Waals surface area contributed by atoms with E-state index in [0.717, 1.165) is 11.1 Å². The summed E-state index contributed by atoms with van der Waals surface area (Å²) in [5, 5.41) is 11.9. The number of aromatic nitrogens is 2. The van der Waals surface area contributed by atoms with E-state index in [-0.39, 0.29) is 5.88 Å². The van der Waals surface area contributed by atoms with Crippen LogP contribution in [0.4, 0.5) is 5.95 Å². The molecule has 0 unspecified atom stereocenters. The molecular formula is C19H17N3O3. The van der Waals surface area contributed by atoms with Gasteiger partial charge in [0.1, 0.15) is 0 Å². The maximum absolute atomic E-state index is 10.7. The molecule has 1 heterocycles. The van der Waals surface area contributed by atoms with Crippen LogP contribution in [0.15, 0.2) is 66.7 Å². The molecule has 0 radical (unpaired) electrons. The first kappa shape index (κ1) is 16.4. The first-order chi connectivity index (χ1) is 12.2. The van der Waals surface area contributed by atoms with Gasteiger partial charge in [-0.15, -0.1) is 0 Å². The predicted octanol–water partition coefficient (Wildman–Crippen LogP) is 3.22. The van der Waals surface area contributed by atoms with Crippen molar-refractivity contribution in [1.82, 2.24) is 9.97 Å². The highest BCUT2D eigenvalue weighted by Gasteiger charge is 2.09. The molecule has 0 spiro atoms. The summed E-state index contributed by atoms with van der Waals surface area (Å²) in [5.41, 5.74) is 2.64. The summed E-state index contributed by atoms with van der Waals surface area (Å²) < 4.78 is 5.23. The van der Waals surface area contributed by atoms with Crippen LogP contribution in [0.5, 0.6) is 5.88 Å². The molecule has 0 saturated carbocycles. The fourth-order valence-electron chi connectivity index (χ4n) is 2.25. The molecule has 1 aromatic heterocycles. The smallest absolute Gasteiger partial charge is 0.341 e. The van der Waals surface area contributed by atoms with Crippen LogP contribution in [0.3, 0.4) is 0 Å². The SMILES string of the molecule is O=C(O)COc1cc(-c2ccccc2)nc(NCc2ccccc2)n1. The van der Waals surface area contributed by atoms with Gasteiger partial charge in [0.05, 0.1) is 5.69 Å². The molecule has 2 N–H and O–H groups in total. The zero-order chi connectivity index (χ0) is 17.5. The van der Waals surface area contributed by atoms with Crippen molar-refractivity contribution in [3.05, 3.63) is 72.3 Å². The van der Waals surface area contributed by atoms with Crippen LogP contribution in [-0.4, -0.2) is 27.7 Å². The number of anilines is 1. The van der Waals surface area contributed by atoms with Crippen molar-refractivity contribution in [3.63, 3.8) is 0 Å². The first-order valence-corrected chi connectivity index (χ1v) is 7.77. The summed E-state index contributed by atoms with van der Waals surface area (Å²) in [7, 11) is 0. The van der Waals surface area contributed by atoms with Crippen molar-refractivity contribution in [2.75, 3.05) is 11.9 Å². The van der Waals surface area contributed by atoms with Crippen LogP contribution in [0.25, 0.3) is 11.3 Å². The topological polar surface area (TPSA) is 84.3 Å². The third-order valence-corrected chi connectivity index (χ3v) is 3.41. The Kier molecular flexibility index (Phi) is 5.21. The van der Waals surface area contributed by atoms with Gasteiger partial charge in [-0.05, 0) is 5.56 Å². The van der Waals surface area contributed by atoms with E-state index in [1.807, 2.05) is 60.7 Å². The fraction of sp³-hybridized carbons (Fsp3) is 0.105. The normalized spacial score (nSPS) is 10.2. The Balaban J connectivity index is 1.85.